The first kappa shape index (κ1) is 21.8. The Bertz CT molecular complexity index is 701. The summed E-state index contributed by atoms with van der Waals surface area (Å²) in [6.45, 7) is 10.7. The average Bonchev–Trinajstić information content (AvgIpc) is 3.01. The van der Waals surface area contributed by atoms with Gasteiger partial charge in [-0.05, 0) is 44.9 Å². The molecule has 1 aliphatic rings. The Morgan fingerprint density at radius 3 is 2.52 bits per heavy atom. The molecule has 7 heteroatoms. The third-order valence-electron chi connectivity index (χ3n) is 4.39. The lowest BCUT2D eigenvalue weighted by atomic mass is 10.1. The number of ether oxygens (including phenoxy) is 1. The number of likely N-dealkylation sites (tertiary alicyclic amines) is 1. The van der Waals surface area contributed by atoms with Gasteiger partial charge in [0.2, 0.25) is 5.91 Å². The van der Waals surface area contributed by atoms with Gasteiger partial charge in [-0.25, -0.2) is 4.79 Å². The highest BCUT2D eigenvalue weighted by atomic mass is 35.5. The van der Waals surface area contributed by atoms with Crippen LogP contribution in [0.3, 0.4) is 0 Å². The van der Waals surface area contributed by atoms with Gasteiger partial charge in [-0.1, -0.05) is 43.1 Å². The van der Waals surface area contributed by atoms with Gasteiger partial charge in [-0.15, -0.1) is 0 Å². The molecule has 1 aromatic rings. The summed E-state index contributed by atoms with van der Waals surface area (Å²) in [5.74, 6) is -0.108. The molecule has 150 valence electrons. The van der Waals surface area contributed by atoms with Crippen LogP contribution in [-0.4, -0.2) is 46.5 Å². The molecule has 1 aliphatic heterocycles. The van der Waals surface area contributed by atoms with E-state index in [9.17, 15) is 9.59 Å². The topological polar surface area (TPSA) is 49.9 Å². The maximum absolute atomic E-state index is 12.8. The van der Waals surface area contributed by atoms with Crippen molar-refractivity contribution < 1.29 is 14.3 Å². The minimum absolute atomic E-state index is 0.0389. The van der Waals surface area contributed by atoms with Crippen LogP contribution in [0.2, 0.25) is 10.0 Å². The fourth-order valence-corrected chi connectivity index (χ4v) is 3.51. The highest BCUT2D eigenvalue weighted by molar-refractivity contribution is 6.35. The van der Waals surface area contributed by atoms with Gasteiger partial charge < -0.3 is 14.5 Å². The van der Waals surface area contributed by atoms with Crippen LogP contribution >= 0.6 is 23.2 Å². The van der Waals surface area contributed by atoms with Gasteiger partial charge >= 0.3 is 6.09 Å². The Kier molecular flexibility index (Phi) is 7.03. The molecule has 0 saturated carbocycles. The van der Waals surface area contributed by atoms with Gasteiger partial charge in [0, 0.05) is 35.6 Å². The van der Waals surface area contributed by atoms with E-state index in [4.69, 9.17) is 27.9 Å². The van der Waals surface area contributed by atoms with Crippen LogP contribution in [0, 0.1) is 5.92 Å². The summed E-state index contributed by atoms with van der Waals surface area (Å²) in [5.41, 5.74) is 0.296. The molecule has 5 nitrogen and oxygen atoms in total. The largest absolute Gasteiger partial charge is 0.444 e. The fraction of sp³-hybridized carbons (Fsp3) is 0.600. The molecular weight excluding hydrogens is 387 g/mol. The molecule has 2 amide bonds. The number of carbonyl (C=O) groups excluding carboxylic acids is 2. The van der Waals surface area contributed by atoms with E-state index in [0.717, 1.165) is 5.56 Å². The van der Waals surface area contributed by atoms with Crippen molar-refractivity contribution in [3.8, 4) is 0 Å². The Labute approximate surface area is 171 Å². The van der Waals surface area contributed by atoms with Crippen LogP contribution in [-0.2, 0) is 16.1 Å². The number of hydrogen-bond donors (Lipinski definition) is 0. The van der Waals surface area contributed by atoms with Crippen LogP contribution < -0.4 is 0 Å². The maximum Gasteiger partial charge on any atom is 0.410 e. The zero-order valence-corrected chi connectivity index (χ0v) is 18.1. The third-order valence-corrected chi connectivity index (χ3v) is 4.98. The van der Waals surface area contributed by atoms with Crippen LogP contribution in [0.25, 0.3) is 0 Å². The highest BCUT2D eigenvalue weighted by Gasteiger charge is 2.35. The first-order valence-corrected chi connectivity index (χ1v) is 9.96. The summed E-state index contributed by atoms with van der Waals surface area (Å²) in [4.78, 5) is 28.7. The number of benzene rings is 1. The molecule has 0 aromatic heterocycles. The minimum Gasteiger partial charge on any atom is -0.444 e. The second-order valence-electron chi connectivity index (χ2n) is 8.23. The zero-order valence-electron chi connectivity index (χ0n) is 16.6. The van der Waals surface area contributed by atoms with Crippen molar-refractivity contribution in [1.29, 1.82) is 0 Å². The third kappa shape index (κ3) is 6.01. The number of amides is 2. The van der Waals surface area contributed by atoms with Crippen molar-refractivity contribution in [3.63, 3.8) is 0 Å². The smallest absolute Gasteiger partial charge is 0.410 e. The van der Waals surface area contributed by atoms with Crippen LogP contribution in [0.15, 0.2) is 18.2 Å². The van der Waals surface area contributed by atoms with Crippen molar-refractivity contribution in [2.24, 2.45) is 5.92 Å². The monoisotopic (exact) mass is 414 g/mol. The molecule has 2 rings (SSSR count). The summed E-state index contributed by atoms with van der Waals surface area (Å²) in [6.07, 6.45) is 0.370. The predicted molar refractivity (Wildman–Crippen MR) is 108 cm³/mol. The van der Waals surface area contributed by atoms with Crippen molar-refractivity contribution in [1.82, 2.24) is 9.80 Å². The number of hydrogen-bond acceptors (Lipinski definition) is 3. The Morgan fingerprint density at radius 1 is 1.30 bits per heavy atom. The van der Waals surface area contributed by atoms with Crippen LogP contribution in [0.4, 0.5) is 4.79 Å². The Morgan fingerprint density at radius 2 is 1.96 bits per heavy atom. The predicted octanol–water partition coefficient (Wildman–Crippen LogP) is 4.99. The quantitative estimate of drug-likeness (QED) is 0.697. The van der Waals surface area contributed by atoms with E-state index in [1.54, 1.807) is 17.0 Å². The molecule has 1 aromatic carbocycles. The van der Waals surface area contributed by atoms with Crippen molar-refractivity contribution in [3.05, 3.63) is 33.8 Å². The van der Waals surface area contributed by atoms with E-state index >= 15 is 0 Å². The molecule has 0 aliphatic carbocycles. The van der Waals surface area contributed by atoms with E-state index < -0.39 is 5.60 Å². The minimum atomic E-state index is -0.542. The Balaban J connectivity index is 2.15. The van der Waals surface area contributed by atoms with Gasteiger partial charge in [0.05, 0.1) is 6.04 Å². The van der Waals surface area contributed by atoms with Gasteiger partial charge in [0.1, 0.15) is 5.60 Å². The molecule has 0 radical (unpaired) electrons. The normalized spacial score (nSPS) is 17.3. The fourth-order valence-electron chi connectivity index (χ4n) is 3.04. The summed E-state index contributed by atoms with van der Waals surface area (Å²) < 4.78 is 5.46. The first-order valence-electron chi connectivity index (χ1n) is 9.20. The van der Waals surface area contributed by atoms with E-state index in [2.05, 4.69) is 0 Å². The van der Waals surface area contributed by atoms with Crippen molar-refractivity contribution in [2.45, 2.75) is 59.2 Å². The van der Waals surface area contributed by atoms with Gasteiger partial charge in [-0.2, -0.15) is 0 Å². The first-order chi connectivity index (χ1) is 12.5. The van der Waals surface area contributed by atoms with E-state index in [-0.39, 0.29) is 24.0 Å². The Hall–Kier alpha value is -1.46. The summed E-state index contributed by atoms with van der Waals surface area (Å²) in [6, 6.07) is 5.21. The highest BCUT2D eigenvalue weighted by Crippen LogP contribution is 2.26. The van der Waals surface area contributed by atoms with E-state index in [1.165, 1.54) is 0 Å². The van der Waals surface area contributed by atoms with E-state index in [0.29, 0.717) is 36.1 Å². The molecule has 0 N–H and O–H groups in total. The van der Waals surface area contributed by atoms with Gasteiger partial charge in [0.25, 0.3) is 0 Å². The summed E-state index contributed by atoms with van der Waals surface area (Å²) >= 11 is 12.3. The standard InChI is InChI=1S/C20H28Cl2N2O3/c1-13(2)18(25)24(11-14-6-7-15(21)10-17(14)22)16-8-9-23(12-16)19(26)27-20(3,4)5/h6-7,10,13,16H,8-9,11-12H2,1-5H3/t16-/m0/s1. The van der Waals surface area contributed by atoms with Crippen LogP contribution in [0.5, 0.6) is 0 Å². The summed E-state index contributed by atoms with van der Waals surface area (Å²) in [5, 5.41) is 1.09. The molecule has 1 fully saturated rings. The number of rotatable bonds is 4. The lowest BCUT2D eigenvalue weighted by molar-refractivity contribution is -0.137. The van der Waals surface area contributed by atoms with Crippen molar-refractivity contribution in [2.75, 3.05) is 13.1 Å². The SMILES string of the molecule is CC(C)C(=O)N(Cc1ccc(Cl)cc1Cl)[C@H]1CCN(C(=O)OC(C)(C)C)C1. The molecular formula is C20H28Cl2N2O3. The van der Waals surface area contributed by atoms with E-state index in [1.807, 2.05) is 45.6 Å². The molecule has 1 atom stereocenters. The lowest BCUT2D eigenvalue weighted by Gasteiger charge is -2.31. The second kappa shape index (κ2) is 8.70. The van der Waals surface area contributed by atoms with Gasteiger partial charge in [0.15, 0.2) is 0 Å². The number of carbonyl (C=O) groups is 2. The molecule has 0 bridgehead atoms. The number of nitrogens with zero attached hydrogens (tertiary/aromatic N) is 2. The molecule has 0 spiro atoms. The number of halogens is 2. The molecule has 0 unspecified atom stereocenters. The van der Waals surface area contributed by atoms with Crippen LogP contribution in [0.1, 0.15) is 46.6 Å². The molecule has 27 heavy (non-hydrogen) atoms. The second-order valence-corrected chi connectivity index (χ2v) is 9.07. The average molecular weight is 415 g/mol. The lowest BCUT2D eigenvalue weighted by Crippen LogP contribution is -2.44. The van der Waals surface area contributed by atoms with Crippen molar-refractivity contribution >= 4 is 35.2 Å². The molecule has 1 heterocycles. The summed E-state index contributed by atoms with van der Waals surface area (Å²) in [7, 11) is 0. The maximum atomic E-state index is 12.8. The zero-order chi connectivity index (χ0) is 20.4. The molecule has 1 saturated heterocycles. The van der Waals surface area contributed by atoms with Gasteiger partial charge in [-0.3, -0.25) is 4.79 Å².